The van der Waals surface area contributed by atoms with E-state index in [1.54, 1.807) is 4.57 Å². The van der Waals surface area contributed by atoms with Gasteiger partial charge in [-0.3, -0.25) is 9.59 Å². The van der Waals surface area contributed by atoms with Gasteiger partial charge >= 0.3 is 11.9 Å². The number of aromatic carboxylic acids is 2. The van der Waals surface area contributed by atoms with E-state index in [2.05, 4.69) is 5.32 Å². The van der Waals surface area contributed by atoms with Crippen LogP contribution in [0.25, 0.3) is 5.69 Å². The monoisotopic (exact) mass is 420 g/mol. The summed E-state index contributed by atoms with van der Waals surface area (Å²) in [5.74, 6) is -3.28. The molecule has 1 heterocycles. The minimum absolute atomic E-state index is 0.0367. The van der Waals surface area contributed by atoms with Crippen LogP contribution in [-0.2, 0) is 0 Å². The molecule has 0 saturated heterocycles. The number of nitrogens with zero attached hydrogens (tertiary/aromatic N) is 1. The Bertz CT molecular complexity index is 1190. The van der Waals surface area contributed by atoms with Crippen molar-refractivity contribution in [2.45, 2.75) is 13.8 Å². The summed E-state index contributed by atoms with van der Waals surface area (Å²) < 4.78 is 1.75. The van der Waals surface area contributed by atoms with Crippen LogP contribution < -0.4 is 5.32 Å². The Morgan fingerprint density at radius 2 is 1.45 bits per heavy atom. The number of carbonyl (C=O) groups excluding carboxylic acids is 2. The highest BCUT2D eigenvalue weighted by Gasteiger charge is 2.18. The van der Waals surface area contributed by atoms with Gasteiger partial charge in [-0.05, 0) is 56.3 Å². The Kier molecular flexibility index (Phi) is 6.01. The summed E-state index contributed by atoms with van der Waals surface area (Å²) in [7, 11) is 0. The van der Waals surface area contributed by atoms with Crippen LogP contribution in [0.2, 0.25) is 0 Å². The lowest BCUT2D eigenvalue weighted by Gasteiger charge is -2.14. The summed E-state index contributed by atoms with van der Waals surface area (Å²) >= 11 is 0. The number of Topliss-reactive ketones (excluding diaryl/α,β-unsaturated/α-hetero) is 1. The second kappa shape index (κ2) is 8.66. The van der Waals surface area contributed by atoms with Crippen molar-refractivity contribution in [3.05, 3.63) is 88.2 Å². The van der Waals surface area contributed by atoms with Gasteiger partial charge in [0.1, 0.15) is 0 Å². The molecule has 8 heteroatoms. The molecule has 3 aromatic rings. The van der Waals surface area contributed by atoms with Gasteiger partial charge in [-0.2, -0.15) is 0 Å². The molecule has 0 aliphatic carbocycles. The number of hydrogen-bond acceptors (Lipinski definition) is 4. The van der Waals surface area contributed by atoms with Crippen LogP contribution >= 0.6 is 0 Å². The number of carboxylic acid groups (broad SMARTS) is 2. The van der Waals surface area contributed by atoms with E-state index in [0.29, 0.717) is 5.69 Å². The van der Waals surface area contributed by atoms with Gasteiger partial charge in [0.15, 0.2) is 5.78 Å². The van der Waals surface area contributed by atoms with Crippen LogP contribution in [0.5, 0.6) is 0 Å². The molecule has 3 rings (SSSR count). The maximum Gasteiger partial charge on any atom is 0.337 e. The first-order valence-corrected chi connectivity index (χ1v) is 9.36. The lowest BCUT2D eigenvalue weighted by Crippen LogP contribution is -2.29. The molecule has 0 aliphatic rings. The Balaban J connectivity index is 1.83. The fourth-order valence-electron chi connectivity index (χ4n) is 3.28. The van der Waals surface area contributed by atoms with Gasteiger partial charge in [-0.15, -0.1) is 0 Å². The van der Waals surface area contributed by atoms with Crippen LogP contribution in [0.1, 0.15) is 52.8 Å². The van der Waals surface area contributed by atoms with Crippen molar-refractivity contribution in [3.63, 3.8) is 0 Å². The van der Waals surface area contributed by atoms with E-state index in [-0.39, 0.29) is 28.8 Å². The van der Waals surface area contributed by atoms with Gasteiger partial charge in [0.05, 0.1) is 23.4 Å². The van der Waals surface area contributed by atoms with E-state index in [4.69, 9.17) is 5.11 Å². The third kappa shape index (κ3) is 4.53. The van der Waals surface area contributed by atoms with Crippen LogP contribution in [0.4, 0.5) is 0 Å². The lowest BCUT2D eigenvalue weighted by molar-refractivity contribution is 0.0686. The van der Waals surface area contributed by atoms with Gasteiger partial charge in [0.25, 0.3) is 5.91 Å². The molecule has 0 saturated carbocycles. The average Bonchev–Trinajstić information content (AvgIpc) is 3.09. The molecule has 0 aliphatic heterocycles. The van der Waals surface area contributed by atoms with Gasteiger partial charge in [-0.25, -0.2) is 9.59 Å². The van der Waals surface area contributed by atoms with Gasteiger partial charge in [-0.1, -0.05) is 12.1 Å². The summed E-state index contributed by atoms with van der Waals surface area (Å²) in [5, 5.41) is 21.0. The first-order valence-electron chi connectivity index (χ1n) is 9.36. The molecule has 0 bridgehead atoms. The second-order valence-corrected chi connectivity index (χ2v) is 6.98. The van der Waals surface area contributed by atoms with Gasteiger partial charge in [0, 0.05) is 22.5 Å². The molecule has 0 radical (unpaired) electrons. The van der Waals surface area contributed by atoms with Crippen LogP contribution in [-0.4, -0.2) is 45.0 Å². The molecule has 0 unspecified atom stereocenters. The Morgan fingerprint density at radius 3 is 2.06 bits per heavy atom. The highest BCUT2D eigenvalue weighted by molar-refractivity contribution is 6.04. The van der Waals surface area contributed by atoms with Crippen molar-refractivity contribution in [2.75, 3.05) is 6.54 Å². The van der Waals surface area contributed by atoms with E-state index < -0.39 is 23.6 Å². The smallest absolute Gasteiger partial charge is 0.337 e. The van der Waals surface area contributed by atoms with E-state index in [1.807, 2.05) is 26.0 Å². The summed E-state index contributed by atoms with van der Waals surface area (Å²) in [6.07, 6.45) is 0. The van der Waals surface area contributed by atoms with Crippen LogP contribution in [0, 0.1) is 13.8 Å². The third-order valence-electron chi connectivity index (χ3n) is 4.84. The quantitative estimate of drug-likeness (QED) is 0.504. The summed E-state index contributed by atoms with van der Waals surface area (Å²) in [5.41, 5.74) is 2.37. The van der Waals surface area contributed by atoms with Gasteiger partial charge < -0.3 is 20.1 Å². The standard InChI is InChI=1S/C23H20N2O6/c1-13-6-7-14(2)25(13)19-11-15(8-9-18(19)23(30)31)20(26)12-24-21(27)16-4-3-5-17(10-16)22(28)29/h3-11H,12H2,1-2H3,(H,24,27)(H,28,29)(H,30,31). The molecule has 1 aromatic heterocycles. The van der Waals surface area contributed by atoms with Crippen molar-refractivity contribution in [1.29, 1.82) is 0 Å². The third-order valence-corrected chi connectivity index (χ3v) is 4.84. The molecule has 31 heavy (non-hydrogen) atoms. The molecule has 0 spiro atoms. The predicted molar refractivity (Wildman–Crippen MR) is 112 cm³/mol. The first-order chi connectivity index (χ1) is 14.7. The van der Waals surface area contributed by atoms with Crippen molar-refractivity contribution < 1.29 is 29.4 Å². The number of rotatable bonds is 7. The average molecular weight is 420 g/mol. The summed E-state index contributed by atoms with van der Waals surface area (Å²) in [4.78, 5) is 47.7. The van der Waals surface area contributed by atoms with Crippen molar-refractivity contribution >= 4 is 23.6 Å². The van der Waals surface area contributed by atoms with E-state index >= 15 is 0 Å². The number of ketones is 1. The number of benzene rings is 2. The highest BCUT2D eigenvalue weighted by atomic mass is 16.4. The van der Waals surface area contributed by atoms with E-state index in [9.17, 15) is 24.3 Å². The van der Waals surface area contributed by atoms with Crippen LogP contribution in [0.3, 0.4) is 0 Å². The topological polar surface area (TPSA) is 126 Å². The Hall–Kier alpha value is -4.20. The normalized spacial score (nSPS) is 10.5. The molecular weight excluding hydrogens is 400 g/mol. The van der Waals surface area contributed by atoms with Gasteiger partial charge in [0.2, 0.25) is 0 Å². The minimum atomic E-state index is -1.16. The minimum Gasteiger partial charge on any atom is -0.478 e. The highest BCUT2D eigenvalue weighted by Crippen LogP contribution is 2.22. The summed E-state index contributed by atoms with van der Waals surface area (Å²) in [6, 6.07) is 13.4. The second-order valence-electron chi connectivity index (χ2n) is 6.98. The molecule has 0 atom stereocenters. The fraction of sp³-hybridized carbons (Fsp3) is 0.130. The van der Waals surface area contributed by atoms with Crippen molar-refractivity contribution in [3.8, 4) is 5.69 Å². The molecule has 158 valence electrons. The number of carbonyl (C=O) groups is 4. The number of aryl methyl sites for hydroxylation is 2. The molecule has 2 aromatic carbocycles. The van der Waals surface area contributed by atoms with Crippen molar-refractivity contribution in [2.24, 2.45) is 0 Å². The zero-order valence-electron chi connectivity index (χ0n) is 16.9. The molecule has 3 N–H and O–H groups in total. The maximum atomic E-state index is 12.7. The predicted octanol–water partition coefficient (Wildman–Crippen LogP) is 3.10. The first kappa shape index (κ1) is 21.5. The number of amides is 1. The fourth-order valence-corrected chi connectivity index (χ4v) is 3.28. The summed E-state index contributed by atoms with van der Waals surface area (Å²) in [6.45, 7) is 3.34. The van der Waals surface area contributed by atoms with Crippen molar-refractivity contribution in [1.82, 2.24) is 9.88 Å². The molecular formula is C23H20N2O6. The number of carboxylic acids is 2. The number of hydrogen-bond donors (Lipinski definition) is 3. The number of nitrogens with one attached hydrogen (secondary N) is 1. The molecule has 0 fully saturated rings. The van der Waals surface area contributed by atoms with E-state index in [0.717, 1.165) is 11.4 Å². The Morgan fingerprint density at radius 1 is 0.806 bits per heavy atom. The number of aromatic nitrogens is 1. The SMILES string of the molecule is Cc1ccc(C)n1-c1cc(C(=O)CNC(=O)c2cccc(C(=O)O)c2)ccc1C(=O)O. The Labute approximate surface area is 177 Å². The maximum absolute atomic E-state index is 12.7. The lowest BCUT2D eigenvalue weighted by atomic mass is 10.0. The zero-order chi connectivity index (χ0) is 22.7. The molecule has 8 nitrogen and oxygen atoms in total. The van der Waals surface area contributed by atoms with E-state index in [1.165, 1.54) is 42.5 Å². The molecule has 1 amide bonds. The van der Waals surface area contributed by atoms with Crippen LogP contribution in [0.15, 0.2) is 54.6 Å². The largest absolute Gasteiger partial charge is 0.478 e. The zero-order valence-corrected chi connectivity index (χ0v) is 16.9.